The molecule has 0 aliphatic heterocycles. The van der Waals surface area contributed by atoms with Crippen molar-refractivity contribution in [2.24, 2.45) is 38.7 Å². The van der Waals surface area contributed by atoms with E-state index in [0.717, 1.165) is 87.9 Å². The van der Waals surface area contributed by atoms with Crippen molar-refractivity contribution in [3.05, 3.63) is 102 Å². The average Bonchev–Trinajstić information content (AvgIpc) is 1.64. The highest BCUT2D eigenvalue weighted by Gasteiger charge is 2.36. The summed E-state index contributed by atoms with van der Waals surface area (Å²) in [7, 11) is -5.22. The molecule has 3 aromatic carbocycles. The van der Waals surface area contributed by atoms with Crippen molar-refractivity contribution in [2.45, 2.75) is 152 Å². The molecule has 4 aromatic rings. The van der Waals surface area contributed by atoms with Gasteiger partial charge in [-0.1, -0.05) is 86.3 Å². The van der Waals surface area contributed by atoms with E-state index in [2.05, 4.69) is 57.8 Å². The summed E-state index contributed by atoms with van der Waals surface area (Å²) in [5.41, 5.74) is 29.2. The van der Waals surface area contributed by atoms with Crippen molar-refractivity contribution in [3.63, 3.8) is 0 Å². The van der Waals surface area contributed by atoms with Crippen LogP contribution in [0.5, 0.6) is 5.75 Å². The van der Waals surface area contributed by atoms with E-state index in [-0.39, 0.29) is 85.7 Å². The van der Waals surface area contributed by atoms with Gasteiger partial charge in [0.15, 0.2) is 11.9 Å². The molecule has 0 bridgehead atoms. The van der Waals surface area contributed by atoms with E-state index in [4.69, 9.17) is 33.3 Å². The zero-order valence-corrected chi connectivity index (χ0v) is 54.8. The molecule has 0 spiro atoms. The molecule has 0 unspecified atom stereocenters. The molecule has 0 saturated carbocycles. The number of benzene rings is 3. The first-order valence-corrected chi connectivity index (χ1v) is 33.3. The number of nitrogens with one attached hydrogen (secondary N) is 9. The van der Waals surface area contributed by atoms with Gasteiger partial charge in [-0.2, -0.15) is 4.73 Å². The van der Waals surface area contributed by atoms with Gasteiger partial charge in [0.25, 0.3) is 0 Å². The number of aromatic hydroxyl groups is 1. The van der Waals surface area contributed by atoms with Crippen LogP contribution < -0.4 is 81.1 Å². The SMILES string of the molecule is C[C@@H](O)[C@H](NC(=O)[C@H](Cc1cn(OP(=O)(O)O)c2ccccc12)NC(=O)[C@H](CO)NC(=O)[C@H](CCCN=C(N)N)NC(=O)CNC(=O)[C@H](CCCN=C(N)N)NC(=O)[C@H](Cc1ccccc1)NCCCCCCNCCCCCCN)C(=O)N[C@@H](Cc1ccc(O)cc1)C(=O)O. The van der Waals surface area contributed by atoms with Crippen molar-refractivity contribution < 1.29 is 77.8 Å². The number of hydrogen-bond donors (Lipinski definition) is 20. The first-order chi connectivity index (χ1) is 45.8. The van der Waals surface area contributed by atoms with Gasteiger partial charge >= 0.3 is 13.8 Å². The Morgan fingerprint density at radius 3 is 1.67 bits per heavy atom. The largest absolute Gasteiger partial charge is 0.543 e. The van der Waals surface area contributed by atoms with Crippen LogP contribution in [0.25, 0.3) is 10.9 Å². The van der Waals surface area contributed by atoms with Gasteiger partial charge in [-0.25, -0.2) is 9.36 Å². The van der Waals surface area contributed by atoms with Crippen LogP contribution in [0.15, 0.2) is 95.0 Å². The predicted octanol–water partition coefficient (Wildman–Crippen LogP) is -2.89. The minimum Gasteiger partial charge on any atom is -0.508 e. The zero-order valence-electron chi connectivity index (χ0n) is 53.9. The van der Waals surface area contributed by atoms with Crippen molar-refractivity contribution in [3.8, 4) is 5.75 Å². The Balaban J connectivity index is 1.53. The lowest BCUT2D eigenvalue weighted by atomic mass is 10.0. The summed E-state index contributed by atoms with van der Waals surface area (Å²) < 4.78 is 17.6. The number of phenolic OH excluding ortho intramolecular Hbond substituents is 1. The van der Waals surface area contributed by atoms with Crippen LogP contribution in [0.4, 0.5) is 0 Å². The molecule has 0 saturated heterocycles. The fraction of sp³-hybridized carbons (Fsp3) is 0.516. The van der Waals surface area contributed by atoms with E-state index in [1.54, 1.807) is 6.07 Å². The van der Waals surface area contributed by atoms with Crippen molar-refractivity contribution in [1.82, 2.24) is 52.6 Å². The summed E-state index contributed by atoms with van der Waals surface area (Å²) >= 11 is 0. The molecule has 1 heterocycles. The van der Waals surface area contributed by atoms with Crippen LogP contribution in [-0.2, 0) is 62.2 Å². The molecule has 4 rings (SSSR count). The third-order valence-electron chi connectivity index (χ3n) is 15.1. The van der Waals surface area contributed by atoms with Gasteiger partial charge in [0, 0.05) is 37.5 Å². The van der Waals surface area contributed by atoms with Gasteiger partial charge < -0.3 is 102 Å². The van der Waals surface area contributed by atoms with E-state index in [1.807, 2.05) is 30.3 Å². The summed E-state index contributed by atoms with van der Waals surface area (Å²) in [4.78, 5) is 138. The van der Waals surface area contributed by atoms with Crippen LogP contribution >= 0.6 is 7.82 Å². The van der Waals surface area contributed by atoms with E-state index in [9.17, 15) is 73.1 Å². The fourth-order valence-electron chi connectivity index (χ4n) is 10.1. The first-order valence-electron chi connectivity index (χ1n) is 31.8. The summed E-state index contributed by atoms with van der Waals surface area (Å²) in [5, 5.41) is 65.5. The second-order valence-corrected chi connectivity index (χ2v) is 24.1. The molecular weight excluding hydrogens is 1270 g/mol. The zero-order chi connectivity index (χ0) is 70.6. The number of nitrogens with two attached hydrogens (primary N) is 5. The number of amides is 7. The van der Waals surface area contributed by atoms with Crippen molar-refractivity contribution >= 4 is 78.0 Å². The molecular formula is C62H96N17O16P. The molecule has 0 aliphatic rings. The lowest BCUT2D eigenvalue weighted by Crippen LogP contribution is -2.61. The Labute approximate surface area is 556 Å². The minimum atomic E-state index is -5.22. The number of aromatic nitrogens is 1. The van der Waals surface area contributed by atoms with Crippen LogP contribution in [0, 0.1) is 0 Å². The predicted molar refractivity (Wildman–Crippen MR) is 358 cm³/mol. The van der Waals surface area contributed by atoms with Gasteiger partial charge in [-0.3, -0.25) is 53.3 Å². The number of rotatable bonds is 47. The van der Waals surface area contributed by atoms with E-state index >= 15 is 0 Å². The summed E-state index contributed by atoms with van der Waals surface area (Å²) in [6.07, 6.45) is 6.97. The van der Waals surface area contributed by atoms with E-state index < -0.39 is 123 Å². The number of carboxylic acid groups (broad SMARTS) is 1. The van der Waals surface area contributed by atoms with Crippen LogP contribution in [0.2, 0.25) is 0 Å². The Morgan fingerprint density at radius 2 is 1.08 bits per heavy atom. The second kappa shape index (κ2) is 42.5. The maximum absolute atomic E-state index is 14.5. The van der Waals surface area contributed by atoms with Crippen molar-refractivity contribution in [2.75, 3.05) is 52.4 Å². The number of aliphatic hydroxyl groups is 2. The highest BCUT2D eigenvalue weighted by molar-refractivity contribution is 7.46. The number of carboxylic acids is 1. The molecule has 0 aliphatic carbocycles. The summed E-state index contributed by atoms with van der Waals surface area (Å²) in [6, 6.07) is 9.87. The number of nitrogens with zero attached hydrogens (tertiary/aromatic N) is 3. The van der Waals surface area contributed by atoms with E-state index in [1.165, 1.54) is 42.5 Å². The number of carbonyl (C=O) groups excluding carboxylic acids is 7. The Kier molecular flexibility index (Phi) is 35.2. The summed E-state index contributed by atoms with van der Waals surface area (Å²) in [6.45, 7) is 2.35. The smallest absolute Gasteiger partial charge is 0.508 e. The number of aliphatic carboxylic acids is 1. The van der Waals surface area contributed by atoms with Crippen LogP contribution in [0.1, 0.15) is 101 Å². The Morgan fingerprint density at radius 1 is 0.573 bits per heavy atom. The van der Waals surface area contributed by atoms with Gasteiger partial charge in [-0.05, 0) is 126 Å². The maximum atomic E-state index is 14.5. The number of unbranched alkanes of at least 4 members (excludes halogenated alkanes) is 6. The number of hydrogen-bond acceptors (Lipinski definition) is 18. The number of aliphatic imine (C=N–C) groups is 2. The molecule has 96 heavy (non-hydrogen) atoms. The normalized spacial score (nSPS) is 13.8. The van der Waals surface area contributed by atoms with Gasteiger partial charge in [0.2, 0.25) is 41.4 Å². The second-order valence-electron chi connectivity index (χ2n) is 22.9. The number of fused-ring (bicyclic) bond motifs is 1. The summed E-state index contributed by atoms with van der Waals surface area (Å²) in [5.74, 6) is -8.99. The lowest BCUT2D eigenvalue weighted by Gasteiger charge is -2.27. The van der Waals surface area contributed by atoms with Gasteiger partial charge in [0.05, 0.1) is 30.8 Å². The van der Waals surface area contributed by atoms with Gasteiger partial charge in [-0.15, -0.1) is 0 Å². The Hall–Kier alpha value is -8.95. The average molecular weight is 1370 g/mol. The third-order valence-corrected chi connectivity index (χ3v) is 15.4. The fourth-order valence-corrected chi connectivity index (χ4v) is 10.4. The number of phenols is 1. The molecule has 0 fully saturated rings. The van der Waals surface area contributed by atoms with Crippen LogP contribution in [0.3, 0.4) is 0 Å². The highest BCUT2D eigenvalue weighted by Crippen LogP contribution is 2.34. The maximum Gasteiger partial charge on any atom is 0.543 e. The van der Waals surface area contributed by atoms with Crippen LogP contribution in [-0.4, -0.2) is 195 Å². The molecule has 8 atom stereocenters. The number of guanidine groups is 2. The number of aliphatic hydroxyl groups excluding tert-OH is 2. The Bertz CT molecular complexity index is 3220. The molecule has 34 heteroatoms. The quantitative estimate of drug-likeness (QED) is 0.00914. The third kappa shape index (κ3) is 30.2. The molecule has 530 valence electrons. The van der Waals surface area contributed by atoms with Crippen molar-refractivity contribution in [1.29, 1.82) is 0 Å². The molecule has 1 aromatic heterocycles. The molecule has 0 radical (unpaired) electrons. The topological polar surface area (TPSA) is 552 Å². The number of phosphoric acid groups is 1. The first kappa shape index (κ1) is 79.5. The van der Waals surface area contributed by atoms with E-state index in [0.29, 0.717) is 18.7 Å². The minimum absolute atomic E-state index is 0.0276. The van der Waals surface area contributed by atoms with Gasteiger partial charge in [0.1, 0.15) is 42.0 Å². The number of para-hydroxylation sites is 1. The molecule has 7 amide bonds. The standard InChI is InChI=1S/C62H96N17O16P/c1-39(81)53(59(89)76-49(60(90)91)34-41-23-25-43(82)26-24-41)78-57(87)48(35-42-37-79(95-96(92,93)94)51-22-10-9-19-44(42)51)75-58(88)50(38-80)77-55(85)46(21-16-32-71-62(66)67)73-52(83)36-72-54(84)45(20-15-31-70-61(64)65)74-56(86)47(33-40-17-7-6-8-18-40)69-30-14-5-4-13-29-68-28-12-3-2-11-27-63/h6-10,17-19,22-26,37,39,45-50,53,68-69,80-82H,2-5,11-16,20-21,27-36,38,63H2,1H3,(H,72,84)(H,73,83)(H,74,86)(H,75,88)(H,76,89)(H,77,85)(H,78,87)(H,90,91)(H4,64,65,70)(H4,66,67,71)(H2,92,93,94)/t39-,45+,46+,47+,48+,49+,50+,53+/m1/s1. The lowest BCUT2D eigenvalue weighted by molar-refractivity contribution is -0.143. The molecule has 25 N–H and O–H groups in total. The highest BCUT2D eigenvalue weighted by atomic mass is 31.2. The monoisotopic (exact) mass is 1370 g/mol. The number of carbonyl (C=O) groups is 8. The molecule has 33 nitrogen and oxygen atoms in total.